The van der Waals surface area contributed by atoms with Gasteiger partial charge in [-0.2, -0.15) is 0 Å². The van der Waals surface area contributed by atoms with Crippen molar-refractivity contribution in [2.45, 2.75) is 32.9 Å². The fourth-order valence-corrected chi connectivity index (χ4v) is 1.94. The van der Waals surface area contributed by atoms with Gasteiger partial charge in [-0.25, -0.2) is 0 Å². The zero-order valence-corrected chi connectivity index (χ0v) is 11.1. The van der Waals surface area contributed by atoms with E-state index in [1.165, 1.54) is 0 Å². The average molecular weight is 272 g/mol. The normalized spacial score (nSPS) is 12.6. The second-order valence-electron chi connectivity index (χ2n) is 3.80. The number of nitrogens with zero attached hydrogens (tertiary/aromatic N) is 1. The van der Waals surface area contributed by atoms with E-state index in [2.05, 4.69) is 41.7 Å². The zero-order chi connectivity index (χ0) is 11.4. The summed E-state index contributed by atoms with van der Waals surface area (Å²) < 4.78 is 1.01. The standard InChI is InChI=1S/C12H18BrNO/c1-4-9(2)14(3)12-6-5-11(13)7-10(12)8-15/h5-7,9,15H,4,8H2,1-3H3. The largest absolute Gasteiger partial charge is 0.392 e. The first-order valence-electron chi connectivity index (χ1n) is 5.22. The van der Waals surface area contributed by atoms with Crippen LogP contribution < -0.4 is 4.90 Å². The van der Waals surface area contributed by atoms with Crippen LogP contribution in [0.2, 0.25) is 0 Å². The Labute approximate surface area is 100 Å². The molecule has 0 spiro atoms. The summed E-state index contributed by atoms with van der Waals surface area (Å²) in [6.45, 7) is 4.43. The quantitative estimate of drug-likeness (QED) is 0.910. The Morgan fingerprint density at radius 3 is 2.67 bits per heavy atom. The SMILES string of the molecule is CCC(C)N(C)c1ccc(Br)cc1CO. The third kappa shape index (κ3) is 2.95. The zero-order valence-electron chi connectivity index (χ0n) is 9.50. The maximum atomic E-state index is 9.30. The average Bonchev–Trinajstić information content (AvgIpc) is 2.26. The Hall–Kier alpha value is -0.540. The molecule has 0 fully saturated rings. The molecule has 0 aromatic heterocycles. The molecule has 15 heavy (non-hydrogen) atoms. The molecule has 2 nitrogen and oxygen atoms in total. The summed E-state index contributed by atoms with van der Waals surface area (Å²) in [6.07, 6.45) is 1.09. The number of rotatable bonds is 4. The number of halogens is 1. The minimum atomic E-state index is 0.0789. The van der Waals surface area contributed by atoms with Gasteiger partial charge in [0.05, 0.1) is 6.61 Å². The van der Waals surface area contributed by atoms with Crippen LogP contribution in [0.5, 0.6) is 0 Å². The third-order valence-electron chi connectivity index (χ3n) is 2.84. The van der Waals surface area contributed by atoms with Crippen molar-refractivity contribution >= 4 is 21.6 Å². The van der Waals surface area contributed by atoms with E-state index in [0.717, 1.165) is 22.1 Å². The Balaban J connectivity index is 3.02. The van der Waals surface area contributed by atoms with E-state index < -0.39 is 0 Å². The minimum Gasteiger partial charge on any atom is -0.392 e. The van der Waals surface area contributed by atoms with Crippen LogP contribution in [0.1, 0.15) is 25.8 Å². The van der Waals surface area contributed by atoms with E-state index in [1.54, 1.807) is 0 Å². The molecule has 0 aliphatic rings. The van der Waals surface area contributed by atoms with Gasteiger partial charge in [0.1, 0.15) is 0 Å². The van der Waals surface area contributed by atoms with Gasteiger partial charge in [-0.1, -0.05) is 22.9 Å². The van der Waals surface area contributed by atoms with Gasteiger partial charge >= 0.3 is 0 Å². The molecule has 0 aliphatic carbocycles. The summed E-state index contributed by atoms with van der Waals surface area (Å²) in [6, 6.07) is 6.50. The molecule has 0 amide bonds. The summed E-state index contributed by atoms with van der Waals surface area (Å²) in [4.78, 5) is 2.21. The van der Waals surface area contributed by atoms with Crippen molar-refractivity contribution in [3.8, 4) is 0 Å². The summed E-state index contributed by atoms with van der Waals surface area (Å²) in [5, 5.41) is 9.30. The highest BCUT2D eigenvalue weighted by Gasteiger charge is 2.11. The Kier molecular flexibility index (Phi) is 4.61. The molecular formula is C12H18BrNO. The van der Waals surface area contributed by atoms with Crippen molar-refractivity contribution in [1.29, 1.82) is 0 Å². The molecule has 0 bridgehead atoms. The number of hydrogen-bond donors (Lipinski definition) is 1. The predicted molar refractivity (Wildman–Crippen MR) is 68.2 cm³/mol. The second-order valence-corrected chi connectivity index (χ2v) is 4.71. The maximum absolute atomic E-state index is 9.30. The van der Waals surface area contributed by atoms with E-state index >= 15 is 0 Å². The first kappa shape index (κ1) is 12.5. The van der Waals surface area contributed by atoms with Crippen molar-refractivity contribution in [1.82, 2.24) is 0 Å². The van der Waals surface area contributed by atoms with Crippen LogP contribution in [0.15, 0.2) is 22.7 Å². The third-order valence-corrected chi connectivity index (χ3v) is 3.34. The lowest BCUT2D eigenvalue weighted by atomic mass is 10.1. The van der Waals surface area contributed by atoms with E-state index in [9.17, 15) is 5.11 Å². The monoisotopic (exact) mass is 271 g/mol. The van der Waals surface area contributed by atoms with Crippen molar-refractivity contribution in [3.63, 3.8) is 0 Å². The Morgan fingerprint density at radius 2 is 2.13 bits per heavy atom. The van der Waals surface area contributed by atoms with Gasteiger partial charge in [0.15, 0.2) is 0 Å². The van der Waals surface area contributed by atoms with Crippen molar-refractivity contribution in [2.75, 3.05) is 11.9 Å². The Morgan fingerprint density at radius 1 is 1.47 bits per heavy atom. The molecule has 3 heteroatoms. The number of aliphatic hydroxyl groups is 1. The molecule has 0 saturated heterocycles. The highest BCUT2D eigenvalue weighted by atomic mass is 79.9. The lowest BCUT2D eigenvalue weighted by Gasteiger charge is -2.28. The first-order valence-corrected chi connectivity index (χ1v) is 6.01. The molecule has 1 aromatic rings. The summed E-state index contributed by atoms with van der Waals surface area (Å²) >= 11 is 3.41. The Bertz CT molecular complexity index is 327. The highest BCUT2D eigenvalue weighted by molar-refractivity contribution is 9.10. The predicted octanol–water partition coefficient (Wildman–Crippen LogP) is 3.18. The molecule has 84 valence electrons. The van der Waals surface area contributed by atoms with Gasteiger partial charge in [-0.3, -0.25) is 0 Å². The molecule has 1 unspecified atom stereocenters. The van der Waals surface area contributed by atoms with Gasteiger partial charge in [0, 0.05) is 28.8 Å². The van der Waals surface area contributed by atoms with Crippen molar-refractivity contribution < 1.29 is 5.11 Å². The van der Waals surface area contributed by atoms with Crippen LogP contribution in [-0.2, 0) is 6.61 Å². The van der Waals surface area contributed by atoms with E-state index in [4.69, 9.17) is 0 Å². The fraction of sp³-hybridized carbons (Fsp3) is 0.500. The molecule has 1 N–H and O–H groups in total. The molecular weight excluding hydrogens is 254 g/mol. The highest BCUT2D eigenvalue weighted by Crippen LogP contribution is 2.25. The van der Waals surface area contributed by atoms with Gasteiger partial charge < -0.3 is 10.0 Å². The summed E-state index contributed by atoms with van der Waals surface area (Å²) in [7, 11) is 2.07. The first-order chi connectivity index (χ1) is 7.10. The van der Waals surface area contributed by atoms with Crippen LogP contribution >= 0.6 is 15.9 Å². The van der Waals surface area contributed by atoms with Crippen molar-refractivity contribution in [3.05, 3.63) is 28.2 Å². The van der Waals surface area contributed by atoms with Crippen LogP contribution in [0.25, 0.3) is 0 Å². The summed E-state index contributed by atoms with van der Waals surface area (Å²) in [5.41, 5.74) is 2.07. The molecule has 1 aromatic carbocycles. The topological polar surface area (TPSA) is 23.5 Å². The van der Waals surface area contributed by atoms with E-state index in [0.29, 0.717) is 6.04 Å². The smallest absolute Gasteiger partial charge is 0.0702 e. The van der Waals surface area contributed by atoms with Crippen LogP contribution in [0.3, 0.4) is 0 Å². The fourth-order valence-electron chi connectivity index (χ4n) is 1.54. The van der Waals surface area contributed by atoms with Gasteiger partial charge in [0.2, 0.25) is 0 Å². The molecule has 1 atom stereocenters. The molecule has 0 saturated carbocycles. The van der Waals surface area contributed by atoms with E-state index in [-0.39, 0.29) is 6.61 Å². The minimum absolute atomic E-state index is 0.0789. The number of anilines is 1. The van der Waals surface area contributed by atoms with Gasteiger partial charge in [0.25, 0.3) is 0 Å². The summed E-state index contributed by atoms with van der Waals surface area (Å²) in [5.74, 6) is 0. The lowest BCUT2D eigenvalue weighted by Crippen LogP contribution is -2.28. The molecule has 0 aliphatic heterocycles. The van der Waals surface area contributed by atoms with Crippen LogP contribution in [0.4, 0.5) is 5.69 Å². The lowest BCUT2D eigenvalue weighted by molar-refractivity contribution is 0.282. The maximum Gasteiger partial charge on any atom is 0.0702 e. The molecule has 0 heterocycles. The molecule has 0 radical (unpaired) electrons. The van der Waals surface area contributed by atoms with Gasteiger partial charge in [-0.15, -0.1) is 0 Å². The van der Waals surface area contributed by atoms with Crippen LogP contribution in [0, 0.1) is 0 Å². The molecule has 1 rings (SSSR count). The number of aliphatic hydroxyl groups excluding tert-OH is 1. The van der Waals surface area contributed by atoms with Crippen LogP contribution in [-0.4, -0.2) is 18.2 Å². The van der Waals surface area contributed by atoms with Gasteiger partial charge in [-0.05, 0) is 31.5 Å². The number of benzene rings is 1. The van der Waals surface area contributed by atoms with E-state index in [1.807, 2.05) is 18.2 Å². The second kappa shape index (κ2) is 5.52. The van der Waals surface area contributed by atoms with Crippen molar-refractivity contribution in [2.24, 2.45) is 0 Å². The number of hydrogen-bond acceptors (Lipinski definition) is 2.